The number of rotatable bonds is 8. The van der Waals surface area contributed by atoms with Crippen molar-refractivity contribution in [3.63, 3.8) is 0 Å². The summed E-state index contributed by atoms with van der Waals surface area (Å²) in [7, 11) is 0. The Morgan fingerprint density at radius 1 is 1.06 bits per heavy atom. The molecule has 1 amide bonds. The van der Waals surface area contributed by atoms with Gasteiger partial charge < -0.3 is 10.1 Å². The van der Waals surface area contributed by atoms with Gasteiger partial charge in [0.2, 0.25) is 5.91 Å². The monoisotopic (exact) mass is 492 g/mol. The molecule has 0 fully saturated rings. The fourth-order valence-electron chi connectivity index (χ4n) is 3.54. The van der Waals surface area contributed by atoms with Crippen molar-refractivity contribution in [2.45, 2.75) is 25.9 Å². The summed E-state index contributed by atoms with van der Waals surface area (Å²) in [6.07, 6.45) is 0. The van der Waals surface area contributed by atoms with Crippen LogP contribution in [0.1, 0.15) is 18.1 Å². The predicted molar refractivity (Wildman–Crippen MR) is 138 cm³/mol. The standard InChI is InChI=1S/C26H25ClN4O2S/c1-4-33-20-12-10-19(11-13-20)31-25(21-7-5-6-8-22(21)27)29-30-26(31)34-16-24(32)28-23-14-9-17(2)15-18(23)3/h5-15H,4,16H2,1-3H3,(H,28,32). The Hall–Kier alpha value is -3.29. The molecule has 1 heterocycles. The molecule has 34 heavy (non-hydrogen) atoms. The number of amides is 1. The topological polar surface area (TPSA) is 69.0 Å². The van der Waals surface area contributed by atoms with E-state index < -0.39 is 0 Å². The number of nitrogens with one attached hydrogen (secondary N) is 1. The highest BCUT2D eigenvalue weighted by Gasteiger charge is 2.19. The summed E-state index contributed by atoms with van der Waals surface area (Å²) in [5.41, 5.74) is 4.59. The van der Waals surface area contributed by atoms with Crippen molar-refractivity contribution in [3.05, 3.63) is 82.9 Å². The van der Waals surface area contributed by atoms with Gasteiger partial charge in [-0.15, -0.1) is 10.2 Å². The SMILES string of the molecule is CCOc1ccc(-n2c(SCC(=O)Nc3ccc(C)cc3C)nnc2-c2ccccc2Cl)cc1. The van der Waals surface area contributed by atoms with Gasteiger partial charge in [0.25, 0.3) is 0 Å². The van der Waals surface area contributed by atoms with Crippen LogP contribution in [0.25, 0.3) is 17.1 Å². The van der Waals surface area contributed by atoms with Gasteiger partial charge in [-0.3, -0.25) is 9.36 Å². The molecule has 0 aliphatic rings. The molecule has 0 saturated carbocycles. The third-order valence-corrected chi connectivity index (χ3v) is 6.40. The van der Waals surface area contributed by atoms with Crippen LogP contribution < -0.4 is 10.1 Å². The first kappa shape index (κ1) is 23.9. The Labute approximate surface area is 208 Å². The lowest BCUT2D eigenvalue weighted by Gasteiger charge is -2.12. The van der Waals surface area contributed by atoms with E-state index in [1.165, 1.54) is 11.8 Å². The van der Waals surface area contributed by atoms with Gasteiger partial charge in [-0.2, -0.15) is 0 Å². The lowest BCUT2D eigenvalue weighted by molar-refractivity contribution is -0.113. The van der Waals surface area contributed by atoms with Crippen molar-refractivity contribution in [3.8, 4) is 22.8 Å². The van der Waals surface area contributed by atoms with Crippen LogP contribution in [-0.2, 0) is 4.79 Å². The number of carbonyl (C=O) groups is 1. The van der Waals surface area contributed by atoms with E-state index in [1.54, 1.807) is 0 Å². The summed E-state index contributed by atoms with van der Waals surface area (Å²) in [4.78, 5) is 12.7. The van der Waals surface area contributed by atoms with Crippen molar-refractivity contribution in [1.82, 2.24) is 14.8 Å². The van der Waals surface area contributed by atoms with Crippen LogP contribution in [-0.4, -0.2) is 33.0 Å². The molecule has 0 unspecified atom stereocenters. The third-order valence-electron chi connectivity index (χ3n) is 5.14. The third kappa shape index (κ3) is 5.43. The van der Waals surface area contributed by atoms with Crippen LogP contribution in [0.4, 0.5) is 5.69 Å². The van der Waals surface area contributed by atoms with Crippen molar-refractivity contribution in [2.75, 3.05) is 17.7 Å². The molecule has 174 valence electrons. The highest BCUT2D eigenvalue weighted by Crippen LogP contribution is 2.32. The van der Waals surface area contributed by atoms with Crippen molar-refractivity contribution < 1.29 is 9.53 Å². The highest BCUT2D eigenvalue weighted by molar-refractivity contribution is 7.99. The molecule has 0 aliphatic heterocycles. The smallest absolute Gasteiger partial charge is 0.234 e. The van der Waals surface area contributed by atoms with E-state index in [0.29, 0.717) is 22.6 Å². The summed E-state index contributed by atoms with van der Waals surface area (Å²) in [5, 5.41) is 12.9. The molecule has 3 aromatic carbocycles. The number of hydrogen-bond donors (Lipinski definition) is 1. The van der Waals surface area contributed by atoms with E-state index in [0.717, 1.165) is 33.8 Å². The maximum absolute atomic E-state index is 12.7. The Kier molecular flexibility index (Phi) is 7.55. The van der Waals surface area contributed by atoms with E-state index in [4.69, 9.17) is 16.3 Å². The van der Waals surface area contributed by atoms with Gasteiger partial charge in [0.05, 0.1) is 17.4 Å². The summed E-state index contributed by atoms with van der Waals surface area (Å²) in [5.74, 6) is 1.45. The maximum Gasteiger partial charge on any atom is 0.234 e. The van der Waals surface area contributed by atoms with Crippen LogP contribution in [0.3, 0.4) is 0 Å². The summed E-state index contributed by atoms with van der Waals surface area (Å²) >= 11 is 7.78. The van der Waals surface area contributed by atoms with Gasteiger partial charge in [0, 0.05) is 16.9 Å². The molecule has 6 nitrogen and oxygen atoms in total. The van der Waals surface area contributed by atoms with Crippen LogP contribution in [0, 0.1) is 13.8 Å². The first-order valence-electron chi connectivity index (χ1n) is 10.9. The Balaban J connectivity index is 1.61. The van der Waals surface area contributed by atoms with Crippen molar-refractivity contribution in [2.24, 2.45) is 0 Å². The molecule has 0 saturated heterocycles. The second kappa shape index (κ2) is 10.8. The number of ether oxygens (including phenoxy) is 1. The Morgan fingerprint density at radius 3 is 2.53 bits per heavy atom. The number of nitrogens with zero attached hydrogens (tertiary/aromatic N) is 3. The normalized spacial score (nSPS) is 10.8. The molecule has 0 spiro atoms. The zero-order valence-electron chi connectivity index (χ0n) is 19.2. The molecule has 0 bridgehead atoms. The van der Waals surface area contributed by atoms with Crippen LogP contribution in [0.5, 0.6) is 5.75 Å². The van der Waals surface area contributed by atoms with E-state index in [9.17, 15) is 4.79 Å². The van der Waals surface area contributed by atoms with Gasteiger partial charge >= 0.3 is 0 Å². The molecule has 0 radical (unpaired) electrons. The summed E-state index contributed by atoms with van der Waals surface area (Å²) < 4.78 is 7.48. The summed E-state index contributed by atoms with van der Waals surface area (Å²) in [6.45, 7) is 6.54. The zero-order chi connectivity index (χ0) is 24.1. The second-order valence-corrected chi connectivity index (χ2v) is 9.05. The number of hydrogen-bond acceptors (Lipinski definition) is 5. The van der Waals surface area contributed by atoms with Gasteiger partial charge in [0.1, 0.15) is 5.75 Å². The van der Waals surface area contributed by atoms with E-state index in [2.05, 4.69) is 15.5 Å². The summed E-state index contributed by atoms with van der Waals surface area (Å²) in [6, 6.07) is 21.1. The minimum absolute atomic E-state index is 0.113. The Morgan fingerprint density at radius 2 is 1.82 bits per heavy atom. The largest absolute Gasteiger partial charge is 0.494 e. The van der Waals surface area contributed by atoms with Gasteiger partial charge in [-0.05, 0) is 68.8 Å². The van der Waals surface area contributed by atoms with E-state index in [-0.39, 0.29) is 11.7 Å². The minimum Gasteiger partial charge on any atom is -0.494 e. The molecule has 4 rings (SSSR count). The zero-order valence-corrected chi connectivity index (χ0v) is 20.8. The van der Waals surface area contributed by atoms with Gasteiger partial charge in [-0.1, -0.05) is 53.2 Å². The number of halogens is 1. The lowest BCUT2D eigenvalue weighted by atomic mass is 10.1. The van der Waals surface area contributed by atoms with Crippen LogP contribution >= 0.6 is 23.4 Å². The highest BCUT2D eigenvalue weighted by atomic mass is 35.5. The molecule has 8 heteroatoms. The molecule has 1 N–H and O–H groups in total. The number of benzene rings is 3. The quantitative estimate of drug-likeness (QED) is 0.291. The molecular weight excluding hydrogens is 468 g/mol. The van der Waals surface area contributed by atoms with Crippen molar-refractivity contribution >= 4 is 35.0 Å². The molecule has 1 aromatic heterocycles. The number of carbonyl (C=O) groups excluding carboxylic acids is 1. The van der Waals surface area contributed by atoms with Crippen molar-refractivity contribution in [1.29, 1.82) is 0 Å². The van der Waals surface area contributed by atoms with Gasteiger partial charge in [-0.25, -0.2) is 0 Å². The van der Waals surface area contributed by atoms with Gasteiger partial charge in [0.15, 0.2) is 11.0 Å². The number of aromatic nitrogens is 3. The molecule has 0 atom stereocenters. The van der Waals surface area contributed by atoms with E-state index >= 15 is 0 Å². The van der Waals surface area contributed by atoms with Crippen LogP contribution in [0.15, 0.2) is 71.9 Å². The average molecular weight is 493 g/mol. The number of aryl methyl sites for hydroxylation is 2. The predicted octanol–water partition coefficient (Wildman–Crippen LogP) is 6.33. The lowest BCUT2D eigenvalue weighted by Crippen LogP contribution is -2.15. The number of anilines is 1. The molecule has 0 aliphatic carbocycles. The molecular formula is C26H25ClN4O2S. The van der Waals surface area contributed by atoms with Crippen LogP contribution in [0.2, 0.25) is 5.02 Å². The molecule has 4 aromatic rings. The average Bonchev–Trinajstić information content (AvgIpc) is 3.24. The number of thioether (sulfide) groups is 1. The Bertz CT molecular complexity index is 1300. The first-order valence-corrected chi connectivity index (χ1v) is 12.3. The first-order chi connectivity index (χ1) is 16.5. The maximum atomic E-state index is 12.7. The fourth-order valence-corrected chi connectivity index (χ4v) is 4.51. The van der Waals surface area contributed by atoms with E-state index in [1.807, 2.05) is 92.1 Å². The fraction of sp³-hybridized carbons (Fsp3) is 0.192. The second-order valence-electron chi connectivity index (χ2n) is 7.70. The minimum atomic E-state index is -0.113.